The lowest BCUT2D eigenvalue weighted by Gasteiger charge is -2.28. The molecule has 370 valence electrons. The summed E-state index contributed by atoms with van der Waals surface area (Å²) in [6.45, 7) is 0.975. The highest BCUT2D eigenvalue weighted by Gasteiger charge is 2.29. The Balaban J connectivity index is 0.000000183. The molecule has 4 aliphatic rings. The van der Waals surface area contributed by atoms with Crippen molar-refractivity contribution in [2.45, 2.75) is 62.7 Å². The van der Waals surface area contributed by atoms with E-state index in [1.807, 2.05) is 6.07 Å². The number of anilines is 2. The molecule has 23 heteroatoms. The van der Waals surface area contributed by atoms with Gasteiger partial charge in [0, 0.05) is 78.8 Å². The van der Waals surface area contributed by atoms with Gasteiger partial charge in [0.15, 0.2) is 23.3 Å². The van der Waals surface area contributed by atoms with Gasteiger partial charge in [-0.15, -0.1) is 12.4 Å². The van der Waals surface area contributed by atoms with Gasteiger partial charge in [-0.1, -0.05) is 24.3 Å². The van der Waals surface area contributed by atoms with Gasteiger partial charge in [-0.3, -0.25) is 19.2 Å². The number of carbonyl (C=O) groups is 6. The molecule has 9 rings (SSSR count). The fourth-order valence-electron chi connectivity index (χ4n) is 7.51. The standard InChI is InChI=1S/C22H21F2N3O5.C16H14F2N2O2.C9H11N3O3.ClH/c23-16-6-4-12(10-17(16)24)26-21(29)15-3-1-2-14-18(8-9-31-20(14)15)27-22(30)32-11-13-5-7-19(28)25-13;17-12-5-4-9(8-13(12)18)20-16(21)11-3-1-2-10-14(19)6-7-22-15(10)11;13-8-2-1-7(11-8)5-15-9(14)12-4-3-10-6-12;/h1-4,6,10,13,18H,5,7-9,11H2,(H,25,28)(H,26,29)(H,27,30);1-5,8,14H,6-7,19H2,(H,20,21);3-4,6-7H,1-2,5H2,(H,11,13);1H/t13-,18-;14-;7-;/m000./s1. The monoisotopic (exact) mass is 994 g/mol. The van der Waals surface area contributed by atoms with Crippen molar-refractivity contribution in [2.75, 3.05) is 37.1 Å². The van der Waals surface area contributed by atoms with Gasteiger partial charge in [0.1, 0.15) is 31.0 Å². The number of aromatic nitrogens is 2. The van der Waals surface area contributed by atoms with Crippen LogP contribution in [0.25, 0.3) is 0 Å². The Bertz CT molecular complexity index is 2720. The van der Waals surface area contributed by atoms with Crippen LogP contribution in [0.5, 0.6) is 11.5 Å². The lowest BCUT2D eigenvalue weighted by atomic mass is 9.97. The maximum Gasteiger partial charge on any atom is 0.419 e. The second-order valence-electron chi connectivity index (χ2n) is 15.9. The van der Waals surface area contributed by atoms with E-state index in [1.165, 1.54) is 41.5 Å². The van der Waals surface area contributed by atoms with E-state index >= 15 is 0 Å². The molecule has 0 spiro atoms. The molecule has 0 saturated carbocycles. The number of nitrogens with one attached hydrogen (secondary N) is 5. The summed E-state index contributed by atoms with van der Waals surface area (Å²) in [6, 6.07) is 15.4. The van der Waals surface area contributed by atoms with Crippen LogP contribution in [0.4, 0.5) is 38.5 Å². The van der Waals surface area contributed by atoms with Crippen LogP contribution in [0.1, 0.15) is 82.5 Å². The minimum Gasteiger partial charge on any atom is -0.492 e. The summed E-state index contributed by atoms with van der Waals surface area (Å²) in [4.78, 5) is 74.5. The van der Waals surface area contributed by atoms with Crippen LogP contribution < -0.4 is 41.8 Å². The molecule has 70 heavy (non-hydrogen) atoms. The molecule has 5 amide bonds. The van der Waals surface area contributed by atoms with Crippen molar-refractivity contribution in [3.8, 4) is 11.5 Å². The van der Waals surface area contributed by atoms with Crippen LogP contribution in [-0.2, 0) is 19.1 Å². The number of nitrogens with two attached hydrogens (primary N) is 1. The predicted octanol–water partition coefficient (Wildman–Crippen LogP) is 6.61. The summed E-state index contributed by atoms with van der Waals surface area (Å²) >= 11 is 0. The predicted molar refractivity (Wildman–Crippen MR) is 244 cm³/mol. The van der Waals surface area contributed by atoms with Crippen molar-refractivity contribution in [3.63, 3.8) is 0 Å². The number of amides is 5. The Kier molecular flexibility index (Phi) is 17.7. The van der Waals surface area contributed by atoms with Crippen LogP contribution in [0.15, 0.2) is 91.5 Å². The molecule has 5 heterocycles. The molecule has 0 bridgehead atoms. The summed E-state index contributed by atoms with van der Waals surface area (Å²) in [7, 11) is 0. The van der Waals surface area contributed by atoms with E-state index in [9.17, 15) is 46.3 Å². The van der Waals surface area contributed by atoms with Crippen LogP contribution >= 0.6 is 12.4 Å². The number of hydrogen-bond acceptors (Lipinski definition) is 12. The molecule has 0 aliphatic carbocycles. The summed E-state index contributed by atoms with van der Waals surface area (Å²) in [6.07, 6.45) is 6.67. The molecule has 2 fully saturated rings. The number of carbonyl (C=O) groups excluding carboxylic acids is 6. The number of para-hydroxylation sites is 2. The largest absolute Gasteiger partial charge is 0.492 e. The zero-order valence-electron chi connectivity index (χ0n) is 37.0. The molecule has 5 aromatic rings. The number of fused-ring (bicyclic) bond motifs is 2. The highest BCUT2D eigenvalue weighted by atomic mass is 35.5. The number of nitrogens with zero attached hydrogens (tertiary/aromatic N) is 2. The zero-order chi connectivity index (χ0) is 49.0. The molecular formula is C47H47ClF4N8O10. The normalized spacial score (nSPS) is 18.4. The maximum atomic E-state index is 13.4. The van der Waals surface area contributed by atoms with Gasteiger partial charge in [-0.2, -0.15) is 0 Å². The summed E-state index contributed by atoms with van der Waals surface area (Å²) < 4.78 is 75.3. The smallest absolute Gasteiger partial charge is 0.419 e. The molecular weight excluding hydrogens is 948 g/mol. The van der Waals surface area contributed by atoms with Gasteiger partial charge >= 0.3 is 12.2 Å². The Morgan fingerprint density at radius 1 is 0.700 bits per heavy atom. The van der Waals surface area contributed by atoms with E-state index in [0.29, 0.717) is 61.3 Å². The molecule has 0 radical (unpaired) electrons. The Morgan fingerprint density at radius 3 is 1.74 bits per heavy atom. The van der Waals surface area contributed by atoms with E-state index in [-0.39, 0.29) is 79.1 Å². The molecule has 1 aromatic heterocycles. The third kappa shape index (κ3) is 13.5. The minimum absolute atomic E-state index is 0. The van der Waals surface area contributed by atoms with Gasteiger partial charge in [-0.05, 0) is 49.2 Å². The number of hydrogen-bond donors (Lipinski definition) is 6. The summed E-state index contributed by atoms with van der Waals surface area (Å²) in [5, 5.41) is 13.2. The molecule has 4 atom stereocenters. The van der Waals surface area contributed by atoms with Crippen molar-refractivity contribution in [2.24, 2.45) is 5.73 Å². The first-order valence-electron chi connectivity index (χ1n) is 21.7. The van der Waals surface area contributed by atoms with Crippen molar-refractivity contribution in [3.05, 3.63) is 137 Å². The summed E-state index contributed by atoms with van der Waals surface area (Å²) in [5.74, 6) is -4.41. The number of halogens is 5. The van der Waals surface area contributed by atoms with E-state index in [2.05, 4.69) is 31.6 Å². The van der Waals surface area contributed by atoms with Crippen LogP contribution in [0.3, 0.4) is 0 Å². The number of benzene rings is 4. The molecule has 2 saturated heterocycles. The second-order valence-corrected chi connectivity index (χ2v) is 15.9. The Labute approximate surface area is 403 Å². The first kappa shape index (κ1) is 51.7. The second kappa shape index (κ2) is 24.0. The van der Waals surface area contributed by atoms with Crippen LogP contribution in [0.2, 0.25) is 0 Å². The number of rotatable bonds is 9. The quantitative estimate of drug-likeness (QED) is 0.0855. The van der Waals surface area contributed by atoms with Crippen LogP contribution in [0, 0.1) is 23.3 Å². The fourth-order valence-corrected chi connectivity index (χ4v) is 7.51. The highest BCUT2D eigenvalue weighted by Crippen LogP contribution is 2.36. The third-order valence-electron chi connectivity index (χ3n) is 11.0. The molecule has 0 unspecified atom stereocenters. The van der Waals surface area contributed by atoms with Crippen molar-refractivity contribution in [1.29, 1.82) is 0 Å². The fraction of sp³-hybridized carbons (Fsp3) is 0.298. The minimum atomic E-state index is -1.07. The maximum absolute atomic E-state index is 13.4. The van der Waals surface area contributed by atoms with Crippen molar-refractivity contribution < 1.29 is 65.3 Å². The van der Waals surface area contributed by atoms with Gasteiger partial charge in [0.05, 0.1) is 42.5 Å². The summed E-state index contributed by atoms with van der Waals surface area (Å²) in [5.41, 5.74) is 8.14. The average molecular weight is 995 g/mol. The van der Waals surface area contributed by atoms with Crippen LogP contribution in [-0.4, -0.2) is 83.9 Å². The van der Waals surface area contributed by atoms with E-state index in [0.717, 1.165) is 36.2 Å². The van der Waals surface area contributed by atoms with Crippen molar-refractivity contribution >= 4 is 59.6 Å². The molecule has 4 aromatic carbocycles. The molecule has 18 nitrogen and oxygen atoms in total. The van der Waals surface area contributed by atoms with Gasteiger partial charge in [0.25, 0.3) is 11.8 Å². The topological polar surface area (TPSA) is 243 Å². The highest BCUT2D eigenvalue weighted by molar-refractivity contribution is 6.07. The number of ether oxygens (including phenoxy) is 4. The Hall–Kier alpha value is -7.72. The third-order valence-corrected chi connectivity index (χ3v) is 11.0. The van der Waals surface area contributed by atoms with Crippen molar-refractivity contribution in [1.82, 2.24) is 25.5 Å². The van der Waals surface area contributed by atoms with E-state index in [1.54, 1.807) is 24.3 Å². The molecule has 4 aliphatic heterocycles. The van der Waals surface area contributed by atoms with Gasteiger partial charge in [0.2, 0.25) is 11.8 Å². The lowest BCUT2D eigenvalue weighted by molar-refractivity contribution is -0.120. The molecule has 7 N–H and O–H groups in total. The SMILES string of the molecule is Cl.N[C@H]1CCOc2c(C(=O)Nc3ccc(F)c(F)c3)cccc21.O=C1CC[C@@H](COC(=O)N[C@H]2CCOc3c(C(=O)Nc4ccc(F)c(F)c4)cccc32)N1.O=C1CC[C@@H](COC(=O)n2ccnc2)N1. The first-order chi connectivity index (χ1) is 33.2. The lowest BCUT2D eigenvalue weighted by Crippen LogP contribution is -2.36. The van der Waals surface area contributed by atoms with Gasteiger partial charge in [-0.25, -0.2) is 36.7 Å². The number of imidazole rings is 1. The number of alkyl carbamates (subject to hydrolysis) is 1. The average Bonchev–Trinajstić information content (AvgIpc) is 4.14. The first-order valence-corrected chi connectivity index (χ1v) is 21.7. The van der Waals surface area contributed by atoms with E-state index < -0.39 is 53.3 Å². The zero-order valence-corrected chi connectivity index (χ0v) is 37.8. The van der Waals surface area contributed by atoms with E-state index in [4.69, 9.17) is 24.7 Å². The van der Waals surface area contributed by atoms with Gasteiger partial charge < -0.3 is 51.3 Å². The Morgan fingerprint density at radius 2 is 1.23 bits per heavy atom.